The van der Waals surface area contributed by atoms with E-state index in [2.05, 4.69) is 40.6 Å². The first-order valence-electron chi connectivity index (χ1n) is 11.8. The Morgan fingerprint density at radius 3 is 2.08 bits per heavy atom. The average molecular weight is 547 g/mol. The minimum Gasteiger partial charge on any atom is -1.00 e. The molecule has 0 bridgehead atoms. The van der Waals surface area contributed by atoms with Gasteiger partial charge in [0.25, 0.3) is 5.82 Å². The maximum Gasteiger partial charge on any atom is 0.253 e. The molecular weight excluding hydrogens is 514 g/mol. The highest BCUT2D eigenvalue weighted by molar-refractivity contribution is 5.90. The zero-order valence-electron chi connectivity index (χ0n) is 20.7. The normalized spacial score (nSPS) is 11.3. The van der Waals surface area contributed by atoms with Crippen molar-refractivity contribution in [3.63, 3.8) is 0 Å². The lowest BCUT2D eigenvalue weighted by atomic mass is 9.71. The molecule has 0 saturated heterocycles. The van der Waals surface area contributed by atoms with E-state index in [9.17, 15) is 4.79 Å². The van der Waals surface area contributed by atoms with Crippen LogP contribution in [0.25, 0.3) is 6.08 Å². The summed E-state index contributed by atoms with van der Waals surface area (Å²) in [6, 6.07) is 27.7. The molecule has 0 aliphatic rings. The van der Waals surface area contributed by atoms with Gasteiger partial charge in [0.2, 0.25) is 5.91 Å². The monoisotopic (exact) mass is 545 g/mol. The number of hydrogen-bond acceptors (Lipinski definition) is 2. The maximum absolute atomic E-state index is 13.0. The number of nitrogens with zero attached hydrogens (tertiary/aromatic N) is 2. The van der Waals surface area contributed by atoms with Gasteiger partial charge in [-0.15, -0.1) is 0 Å². The minimum atomic E-state index is -0.904. The molecule has 6 heteroatoms. The number of aromatic nitrogens is 2. The lowest BCUT2D eigenvalue weighted by molar-refractivity contribution is -0.692. The lowest BCUT2D eigenvalue weighted by Crippen LogP contribution is -3.00. The minimum absolute atomic E-state index is 0. The number of amides is 1. The maximum atomic E-state index is 13.0. The molecule has 0 aliphatic heterocycles. The summed E-state index contributed by atoms with van der Waals surface area (Å²) in [6.45, 7) is 3.51. The van der Waals surface area contributed by atoms with Crippen LogP contribution in [-0.4, -0.2) is 17.6 Å². The number of ether oxygens (including phenoxy) is 1. The highest BCUT2D eigenvalue weighted by Crippen LogP contribution is 2.36. The third kappa shape index (κ3) is 5.77. The van der Waals surface area contributed by atoms with Crippen LogP contribution in [0.4, 0.5) is 0 Å². The number of methoxy groups -OCH3 is 1. The fourth-order valence-corrected chi connectivity index (χ4v) is 4.58. The van der Waals surface area contributed by atoms with E-state index in [-0.39, 0.29) is 22.9 Å². The molecule has 0 aliphatic carbocycles. The van der Waals surface area contributed by atoms with Crippen molar-refractivity contribution in [3.8, 4) is 5.75 Å². The summed E-state index contributed by atoms with van der Waals surface area (Å²) in [5.41, 5.74) is 8.16. The Kier molecular flexibility index (Phi) is 9.25. The highest BCUT2D eigenvalue weighted by atomic mass is 79.9. The van der Waals surface area contributed by atoms with Crippen molar-refractivity contribution in [2.24, 2.45) is 5.73 Å². The van der Waals surface area contributed by atoms with Crippen LogP contribution in [0.3, 0.4) is 0 Å². The molecule has 4 rings (SSSR count). The van der Waals surface area contributed by atoms with Gasteiger partial charge in [-0.1, -0.05) is 78.9 Å². The molecule has 1 aromatic heterocycles. The van der Waals surface area contributed by atoms with E-state index in [1.165, 1.54) is 0 Å². The first kappa shape index (κ1) is 27.0. The third-order valence-electron chi connectivity index (χ3n) is 6.67. The summed E-state index contributed by atoms with van der Waals surface area (Å²) in [5, 5.41) is 0. The molecule has 3 aromatic carbocycles. The Bertz CT molecular complexity index is 1240. The van der Waals surface area contributed by atoms with Crippen molar-refractivity contribution in [1.29, 1.82) is 0 Å². The Balaban J connectivity index is 0.00000361. The topological polar surface area (TPSA) is 61.1 Å². The van der Waals surface area contributed by atoms with Crippen LogP contribution in [0.15, 0.2) is 103 Å². The quantitative estimate of drug-likeness (QED) is 0.308. The number of carbonyl (C=O) groups is 1. The van der Waals surface area contributed by atoms with Gasteiger partial charge < -0.3 is 27.5 Å². The van der Waals surface area contributed by atoms with Gasteiger partial charge in [0.05, 0.1) is 13.7 Å². The molecule has 1 heterocycles. The third-order valence-corrected chi connectivity index (χ3v) is 6.67. The number of halogens is 1. The van der Waals surface area contributed by atoms with Gasteiger partial charge in [-0.3, -0.25) is 4.79 Å². The SMILES string of the molecule is COc1ccc(/C=C/C[n+]2ccn(CCC(C(N)=O)(c3ccccc3)c3ccccc3)c2C)cc1.[Br-]. The summed E-state index contributed by atoms with van der Waals surface area (Å²) in [6.07, 6.45) is 8.95. The standard InChI is InChI=1S/C30H31N3O2.BrH/c1-24-32(20-9-10-25-15-17-28(35-2)18-16-25)22-23-33(24)21-19-30(29(31)34,26-11-5-3-6-12-26)27-13-7-4-8-14-27;/h3-18,22-23H,19-21H2,1-2H3,(H-,31,34);1H/b10-9+;. The number of aryl methyl sites for hydroxylation is 1. The average Bonchev–Trinajstić information content (AvgIpc) is 3.25. The van der Waals surface area contributed by atoms with E-state index >= 15 is 0 Å². The van der Waals surface area contributed by atoms with Gasteiger partial charge in [0.15, 0.2) is 0 Å². The molecule has 0 saturated carbocycles. The zero-order chi connectivity index (χ0) is 24.7. The Labute approximate surface area is 223 Å². The zero-order valence-corrected chi connectivity index (χ0v) is 22.3. The van der Waals surface area contributed by atoms with Gasteiger partial charge in [-0.05, 0) is 34.9 Å². The van der Waals surface area contributed by atoms with E-state index < -0.39 is 5.41 Å². The summed E-state index contributed by atoms with van der Waals surface area (Å²) in [4.78, 5) is 13.0. The Morgan fingerprint density at radius 2 is 1.56 bits per heavy atom. The van der Waals surface area contributed by atoms with Crippen molar-refractivity contribution in [2.75, 3.05) is 7.11 Å². The molecule has 0 spiro atoms. The van der Waals surface area contributed by atoms with Crippen LogP contribution in [0.1, 0.15) is 28.9 Å². The van der Waals surface area contributed by atoms with Crippen molar-refractivity contribution in [3.05, 3.63) is 126 Å². The first-order chi connectivity index (χ1) is 17.0. The second-order valence-corrected chi connectivity index (χ2v) is 8.62. The number of hydrogen-bond donors (Lipinski definition) is 1. The number of benzene rings is 3. The molecule has 5 nitrogen and oxygen atoms in total. The van der Waals surface area contributed by atoms with E-state index in [1.54, 1.807) is 7.11 Å². The van der Waals surface area contributed by atoms with Gasteiger partial charge in [0, 0.05) is 13.3 Å². The van der Waals surface area contributed by atoms with E-state index in [0.29, 0.717) is 13.0 Å². The second kappa shape index (κ2) is 12.4. The highest BCUT2D eigenvalue weighted by Gasteiger charge is 2.40. The van der Waals surface area contributed by atoms with Crippen LogP contribution >= 0.6 is 0 Å². The summed E-state index contributed by atoms with van der Waals surface area (Å²) in [7, 11) is 1.67. The van der Waals surface area contributed by atoms with Crippen LogP contribution in [0, 0.1) is 6.92 Å². The molecule has 0 radical (unpaired) electrons. The number of allylic oxidation sites excluding steroid dienone is 1. The molecule has 0 fully saturated rings. The predicted molar refractivity (Wildman–Crippen MR) is 139 cm³/mol. The van der Waals surface area contributed by atoms with Crippen molar-refractivity contribution >= 4 is 12.0 Å². The van der Waals surface area contributed by atoms with Gasteiger partial charge in [-0.25, -0.2) is 9.13 Å². The summed E-state index contributed by atoms with van der Waals surface area (Å²) in [5.74, 6) is 1.63. The Hall–Kier alpha value is -3.64. The lowest BCUT2D eigenvalue weighted by Gasteiger charge is -2.31. The number of rotatable bonds is 10. The molecule has 0 unspecified atom stereocenters. The molecule has 4 aromatic rings. The van der Waals surface area contributed by atoms with E-state index in [0.717, 1.165) is 34.8 Å². The summed E-state index contributed by atoms with van der Waals surface area (Å²) < 4.78 is 9.60. The number of primary amides is 1. The van der Waals surface area contributed by atoms with Crippen LogP contribution in [-0.2, 0) is 23.3 Å². The fourth-order valence-electron chi connectivity index (χ4n) is 4.58. The summed E-state index contributed by atoms with van der Waals surface area (Å²) >= 11 is 0. The predicted octanol–water partition coefficient (Wildman–Crippen LogP) is 1.67. The van der Waals surface area contributed by atoms with Crippen molar-refractivity contribution in [1.82, 2.24) is 4.57 Å². The molecule has 1 amide bonds. The molecule has 2 N–H and O–H groups in total. The molecule has 36 heavy (non-hydrogen) atoms. The smallest absolute Gasteiger partial charge is 0.253 e. The van der Waals surface area contributed by atoms with Crippen LogP contribution in [0.5, 0.6) is 5.75 Å². The fraction of sp³-hybridized carbons (Fsp3) is 0.200. The van der Waals surface area contributed by atoms with E-state index in [4.69, 9.17) is 10.5 Å². The van der Waals surface area contributed by atoms with Crippen LogP contribution in [0.2, 0.25) is 0 Å². The van der Waals surface area contributed by atoms with Crippen molar-refractivity contribution < 1.29 is 31.1 Å². The molecule has 0 atom stereocenters. The van der Waals surface area contributed by atoms with Gasteiger partial charge >= 0.3 is 0 Å². The first-order valence-corrected chi connectivity index (χ1v) is 11.8. The molecule has 186 valence electrons. The number of imidazole rings is 1. The van der Waals surface area contributed by atoms with Gasteiger partial charge in [-0.2, -0.15) is 0 Å². The van der Waals surface area contributed by atoms with Gasteiger partial charge in [0.1, 0.15) is 30.1 Å². The molecular formula is C30H32BrN3O2. The number of nitrogens with two attached hydrogens (primary N) is 1. The van der Waals surface area contributed by atoms with Crippen LogP contribution < -0.4 is 32.0 Å². The number of carbonyl (C=O) groups excluding carboxylic acids is 1. The largest absolute Gasteiger partial charge is 1.00 e. The van der Waals surface area contributed by atoms with E-state index in [1.807, 2.05) is 84.9 Å². The second-order valence-electron chi connectivity index (χ2n) is 8.62. The van der Waals surface area contributed by atoms with Crippen molar-refractivity contribution in [2.45, 2.75) is 31.8 Å². The Morgan fingerprint density at radius 1 is 0.972 bits per heavy atom.